The molecular weight excluding hydrogens is 372 g/mol. The van der Waals surface area contributed by atoms with E-state index in [9.17, 15) is 0 Å². The van der Waals surface area contributed by atoms with Gasteiger partial charge in [-0.25, -0.2) is 0 Å². The van der Waals surface area contributed by atoms with Gasteiger partial charge in [0.15, 0.2) is 0 Å². The lowest BCUT2D eigenvalue weighted by Gasteiger charge is -2.21. The van der Waals surface area contributed by atoms with Gasteiger partial charge in [-0.1, -0.05) is 66.7 Å². The second kappa shape index (κ2) is 9.00. The van der Waals surface area contributed by atoms with Gasteiger partial charge < -0.3 is 9.84 Å². The van der Waals surface area contributed by atoms with E-state index >= 15 is 0 Å². The Balaban J connectivity index is 0.000000503. The van der Waals surface area contributed by atoms with Crippen LogP contribution in [0, 0.1) is 0 Å². The summed E-state index contributed by atoms with van der Waals surface area (Å²) < 4.78 is 6.38. The molecule has 0 fully saturated rings. The molecule has 30 heavy (non-hydrogen) atoms. The Bertz CT molecular complexity index is 1180. The van der Waals surface area contributed by atoms with Crippen molar-refractivity contribution in [2.45, 2.75) is 39.2 Å². The summed E-state index contributed by atoms with van der Waals surface area (Å²) in [7, 11) is 0. The zero-order chi connectivity index (χ0) is 20.9. The van der Waals surface area contributed by atoms with E-state index in [1.165, 1.54) is 57.5 Å². The summed E-state index contributed by atoms with van der Waals surface area (Å²) in [5.41, 5.74) is 4.21. The smallest absolute Gasteiger partial charge is 0.300 e. The molecule has 3 heteroatoms. The highest BCUT2D eigenvalue weighted by molar-refractivity contribution is 6.11. The first-order valence-electron chi connectivity index (χ1n) is 10.5. The highest BCUT2D eigenvalue weighted by Gasteiger charge is 2.17. The van der Waals surface area contributed by atoms with Gasteiger partial charge in [0.1, 0.15) is 12.4 Å². The molecule has 0 spiro atoms. The maximum atomic E-state index is 9.00. The molecule has 4 aromatic rings. The number of hydrogen-bond donors (Lipinski definition) is 1. The fourth-order valence-electron chi connectivity index (χ4n) is 4.26. The molecule has 4 aromatic carbocycles. The fraction of sp³-hybridized carbons (Fsp3) is 0.222. The number of ether oxygens (including phenoxy) is 1. The number of carboxylic acid groups (broad SMARTS) is 1. The highest BCUT2D eigenvalue weighted by Crippen LogP contribution is 2.39. The molecule has 0 heterocycles. The fourth-order valence-corrected chi connectivity index (χ4v) is 4.26. The van der Waals surface area contributed by atoms with Crippen LogP contribution in [0.5, 0.6) is 5.75 Å². The Morgan fingerprint density at radius 2 is 1.60 bits per heavy atom. The lowest BCUT2D eigenvalue weighted by Crippen LogP contribution is -2.05. The third kappa shape index (κ3) is 4.30. The Kier molecular flexibility index (Phi) is 5.99. The van der Waals surface area contributed by atoms with Gasteiger partial charge in [0, 0.05) is 12.3 Å². The molecule has 0 atom stereocenters. The first-order chi connectivity index (χ1) is 14.6. The Morgan fingerprint density at radius 3 is 2.40 bits per heavy atom. The van der Waals surface area contributed by atoms with E-state index in [2.05, 4.69) is 66.7 Å². The van der Waals surface area contributed by atoms with Crippen LogP contribution in [0.15, 0.2) is 72.8 Å². The summed E-state index contributed by atoms with van der Waals surface area (Å²) in [4.78, 5) is 9.00. The number of benzene rings is 4. The number of hydrogen-bond acceptors (Lipinski definition) is 2. The van der Waals surface area contributed by atoms with E-state index in [1.807, 2.05) is 6.07 Å². The molecule has 5 rings (SSSR count). The molecule has 152 valence electrons. The number of carbonyl (C=O) groups is 1. The van der Waals surface area contributed by atoms with Crippen molar-refractivity contribution in [3.05, 3.63) is 89.5 Å². The van der Waals surface area contributed by atoms with E-state index in [-0.39, 0.29) is 0 Å². The van der Waals surface area contributed by atoms with Crippen LogP contribution in [0.3, 0.4) is 0 Å². The van der Waals surface area contributed by atoms with Crippen molar-refractivity contribution in [2.24, 2.45) is 0 Å². The molecular formula is C27H26O3. The predicted octanol–water partition coefficient (Wildman–Crippen LogP) is 6.54. The lowest BCUT2D eigenvalue weighted by atomic mass is 9.86. The second-order valence-corrected chi connectivity index (χ2v) is 7.72. The van der Waals surface area contributed by atoms with Crippen LogP contribution >= 0.6 is 0 Å². The second-order valence-electron chi connectivity index (χ2n) is 7.72. The lowest BCUT2D eigenvalue weighted by molar-refractivity contribution is -0.134. The van der Waals surface area contributed by atoms with Gasteiger partial charge in [-0.2, -0.15) is 0 Å². The maximum Gasteiger partial charge on any atom is 0.300 e. The molecule has 0 radical (unpaired) electrons. The van der Waals surface area contributed by atoms with E-state index in [1.54, 1.807) is 0 Å². The topological polar surface area (TPSA) is 46.5 Å². The highest BCUT2D eigenvalue weighted by atomic mass is 16.5. The van der Waals surface area contributed by atoms with Gasteiger partial charge in [-0.15, -0.1) is 0 Å². The van der Waals surface area contributed by atoms with E-state index in [0.717, 1.165) is 19.1 Å². The minimum Gasteiger partial charge on any atom is -0.488 e. The zero-order valence-corrected chi connectivity index (χ0v) is 17.2. The quantitative estimate of drug-likeness (QED) is 0.399. The van der Waals surface area contributed by atoms with Gasteiger partial charge in [-0.05, 0) is 64.6 Å². The van der Waals surface area contributed by atoms with Gasteiger partial charge in [0.2, 0.25) is 0 Å². The average molecular weight is 399 g/mol. The summed E-state index contributed by atoms with van der Waals surface area (Å²) in [6, 6.07) is 26.0. The van der Waals surface area contributed by atoms with Gasteiger partial charge in [-0.3, -0.25) is 4.79 Å². The molecule has 0 amide bonds. The molecule has 0 saturated heterocycles. The van der Waals surface area contributed by atoms with Crippen molar-refractivity contribution in [3.63, 3.8) is 0 Å². The van der Waals surface area contributed by atoms with Gasteiger partial charge >= 0.3 is 0 Å². The predicted molar refractivity (Wildman–Crippen MR) is 122 cm³/mol. The summed E-state index contributed by atoms with van der Waals surface area (Å²) >= 11 is 0. The van der Waals surface area contributed by atoms with Crippen LogP contribution in [0.1, 0.15) is 36.5 Å². The molecule has 0 bridgehead atoms. The van der Waals surface area contributed by atoms with Crippen molar-refractivity contribution in [1.82, 2.24) is 0 Å². The van der Waals surface area contributed by atoms with Crippen LogP contribution in [0.4, 0.5) is 0 Å². The van der Waals surface area contributed by atoms with Crippen LogP contribution in [-0.2, 0) is 24.2 Å². The zero-order valence-electron chi connectivity index (χ0n) is 17.2. The number of fused-ring (bicyclic) bond motifs is 5. The largest absolute Gasteiger partial charge is 0.488 e. The number of carboxylic acids is 1. The molecule has 0 aliphatic heterocycles. The van der Waals surface area contributed by atoms with Crippen molar-refractivity contribution in [1.29, 1.82) is 0 Å². The summed E-state index contributed by atoms with van der Waals surface area (Å²) in [6.07, 6.45) is 4.92. The van der Waals surface area contributed by atoms with E-state index in [4.69, 9.17) is 14.6 Å². The van der Waals surface area contributed by atoms with Crippen LogP contribution < -0.4 is 4.74 Å². The number of aryl methyl sites for hydroxylation is 2. The van der Waals surface area contributed by atoms with Crippen molar-refractivity contribution in [3.8, 4) is 5.75 Å². The maximum absolute atomic E-state index is 9.00. The summed E-state index contributed by atoms with van der Waals surface area (Å²) in [5, 5.41) is 12.6. The van der Waals surface area contributed by atoms with E-state index in [0.29, 0.717) is 6.61 Å². The van der Waals surface area contributed by atoms with E-state index < -0.39 is 5.97 Å². The van der Waals surface area contributed by atoms with Gasteiger partial charge in [0.05, 0.1) is 0 Å². The van der Waals surface area contributed by atoms with Crippen LogP contribution in [0.2, 0.25) is 0 Å². The molecule has 1 aliphatic carbocycles. The molecule has 0 aromatic heterocycles. The van der Waals surface area contributed by atoms with Gasteiger partial charge in [0.25, 0.3) is 5.97 Å². The third-order valence-electron chi connectivity index (χ3n) is 5.55. The monoisotopic (exact) mass is 398 g/mol. The van der Waals surface area contributed by atoms with Crippen molar-refractivity contribution < 1.29 is 14.6 Å². The molecule has 0 unspecified atom stereocenters. The normalized spacial score (nSPS) is 12.7. The molecule has 1 aliphatic rings. The van der Waals surface area contributed by atoms with Crippen LogP contribution in [-0.4, -0.2) is 11.1 Å². The Morgan fingerprint density at radius 1 is 0.900 bits per heavy atom. The first kappa shape index (κ1) is 20.0. The molecule has 1 N–H and O–H groups in total. The minimum atomic E-state index is -0.833. The third-order valence-corrected chi connectivity index (χ3v) is 5.55. The number of rotatable bonds is 3. The summed E-state index contributed by atoms with van der Waals surface area (Å²) in [6.45, 7) is 1.69. The van der Waals surface area contributed by atoms with Crippen molar-refractivity contribution in [2.75, 3.05) is 0 Å². The summed E-state index contributed by atoms with van der Waals surface area (Å²) in [5.74, 6) is 0.196. The number of aliphatic carboxylic acids is 1. The van der Waals surface area contributed by atoms with Crippen molar-refractivity contribution >= 4 is 27.5 Å². The minimum absolute atomic E-state index is 0.609. The SMILES string of the molecule is CC(=O)O.c1ccc(COc2cc3ccccc3c3ccc4c(c23)CCCC4)cc1. The van der Waals surface area contributed by atoms with Crippen LogP contribution in [0.25, 0.3) is 21.5 Å². The Hall–Kier alpha value is -3.33. The first-order valence-corrected chi connectivity index (χ1v) is 10.5. The standard InChI is InChI=1S/C25H22O.C2H4O2/c1-2-8-18(9-3-1)17-26-24-16-20-11-5-6-12-21(20)23-15-14-19-10-4-7-13-22(19)25(23)24;1-2(3)4/h1-3,5-6,8-9,11-12,14-16H,4,7,10,13,17H2;1H3,(H,3,4). The molecule has 3 nitrogen and oxygen atoms in total. The average Bonchev–Trinajstić information content (AvgIpc) is 2.77. The molecule has 0 saturated carbocycles. The Labute approximate surface area is 176 Å².